The maximum atomic E-state index is 9.41. The van der Waals surface area contributed by atoms with Crippen LogP contribution in [-0.4, -0.2) is 9.97 Å². The minimum Gasteiger partial charge on any atom is -0.501 e. The largest absolute Gasteiger partial charge is 0.501 e. The Balaban J connectivity index is 0.000000201. The van der Waals surface area contributed by atoms with Gasteiger partial charge in [0.25, 0.3) is 0 Å². The summed E-state index contributed by atoms with van der Waals surface area (Å²) in [5.74, 6) is -0.0799. The number of benzene rings is 6. The van der Waals surface area contributed by atoms with Crippen LogP contribution in [0.4, 0.5) is 0 Å². The predicted molar refractivity (Wildman–Crippen MR) is 290 cm³/mol. The van der Waals surface area contributed by atoms with E-state index in [1.807, 2.05) is 42.6 Å². The summed E-state index contributed by atoms with van der Waals surface area (Å²) in [6, 6.07) is 41.5. The molecule has 6 aromatic carbocycles. The summed E-state index contributed by atoms with van der Waals surface area (Å²) in [5, 5.41) is 6.61. The maximum Gasteiger partial charge on any atom is 0.121 e. The summed E-state index contributed by atoms with van der Waals surface area (Å²) >= 11 is 0. The summed E-state index contributed by atoms with van der Waals surface area (Å²) in [6.07, 6.45) is 6.27. The van der Waals surface area contributed by atoms with Gasteiger partial charge in [-0.2, -0.15) is 0 Å². The van der Waals surface area contributed by atoms with Gasteiger partial charge in [0.15, 0.2) is 0 Å². The summed E-state index contributed by atoms with van der Waals surface area (Å²) in [6.45, 7) is 19.6. The van der Waals surface area contributed by atoms with Crippen LogP contribution in [0.25, 0.3) is 77.1 Å². The maximum absolute atomic E-state index is 9.41. The van der Waals surface area contributed by atoms with Gasteiger partial charge in [-0.25, -0.2) is 0 Å². The van der Waals surface area contributed by atoms with E-state index in [0.717, 1.165) is 62.4 Å². The number of nitrogens with zero attached hydrogens (tertiary/aromatic N) is 2. The molecule has 357 valence electrons. The number of hydrogen-bond donors (Lipinski definition) is 0. The van der Waals surface area contributed by atoms with Gasteiger partial charge in [-0.15, -0.1) is 47.5 Å². The second-order valence-electron chi connectivity index (χ2n) is 21.8. The number of furan rings is 1. The average Bonchev–Trinajstić information content (AvgIpc) is 3.73. The normalized spacial score (nSPS) is 16.6. The van der Waals surface area contributed by atoms with E-state index >= 15 is 0 Å². The van der Waals surface area contributed by atoms with Crippen LogP contribution in [0.3, 0.4) is 0 Å². The molecule has 1 saturated carbocycles. The first-order valence-corrected chi connectivity index (χ1v) is 24.5. The van der Waals surface area contributed by atoms with Crippen molar-refractivity contribution in [1.29, 1.82) is 0 Å². The van der Waals surface area contributed by atoms with Gasteiger partial charge in [-0.3, -0.25) is 0 Å². The van der Waals surface area contributed by atoms with Crippen molar-refractivity contribution in [2.45, 2.75) is 145 Å². The molecule has 0 amide bonds. The van der Waals surface area contributed by atoms with Crippen molar-refractivity contribution < 1.29 is 34.1 Å². The van der Waals surface area contributed by atoms with Gasteiger partial charge in [0.05, 0.1) is 5.58 Å². The molecule has 4 heteroatoms. The summed E-state index contributed by atoms with van der Waals surface area (Å²) in [5.41, 5.74) is 12.2. The van der Waals surface area contributed by atoms with Crippen LogP contribution in [0, 0.1) is 31.3 Å². The van der Waals surface area contributed by atoms with Crippen LogP contribution in [0.5, 0.6) is 0 Å². The number of rotatable bonds is 7. The Bertz CT molecular complexity index is 3580. The average molecular weight is 1090 g/mol. The molecule has 0 saturated heterocycles. The van der Waals surface area contributed by atoms with Gasteiger partial charge in [0.2, 0.25) is 0 Å². The van der Waals surface area contributed by atoms with Gasteiger partial charge in [0.1, 0.15) is 5.58 Å². The molecule has 1 aliphatic carbocycles. The van der Waals surface area contributed by atoms with Gasteiger partial charge >= 0.3 is 0 Å². The van der Waals surface area contributed by atoms with Crippen LogP contribution in [-0.2, 0) is 25.5 Å². The molecule has 69 heavy (non-hydrogen) atoms. The fourth-order valence-electron chi connectivity index (χ4n) is 9.97. The number of fused-ring (bicyclic) bond motifs is 6. The molecule has 3 heterocycles. The smallest absolute Gasteiger partial charge is 0.121 e. The second kappa shape index (κ2) is 19.8. The Morgan fingerprint density at radius 2 is 1.42 bits per heavy atom. The molecular formula is C65H70IrN2O-2. The Hall–Kier alpha value is -5.41. The van der Waals surface area contributed by atoms with Crippen LogP contribution in [0.1, 0.15) is 174 Å². The first kappa shape index (κ1) is 41.4. The molecule has 0 aliphatic heterocycles. The number of aromatic nitrogens is 2. The Labute approximate surface area is 435 Å². The van der Waals surface area contributed by atoms with E-state index in [9.17, 15) is 1.37 Å². The van der Waals surface area contributed by atoms with E-state index in [2.05, 4.69) is 159 Å². The zero-order valence-electron chi connectivity index (χ0n) is 49.2. The molecule has 0 unspecified atom stereocenters. The summed E-state index contributed by atoms with van der Waals surface area (Å²) in [4.78, 5) is 9.24. The molecule has 1 radical (unpaired) electrons. The van der Waals surface area contributed by atoms with Gasteiger partial charge < -0.3 is 14.4 Å². The van der Waals surface area contributed by atoms with Crippen molar-refractivity contribution in [2.75, 3.05) is 0 Å². The molecule has 1 aliphatic rings. The van der Waals surface area contributed by atoms with Crippen molar-refractivity contribution >= 4 is 43.5 Å². The quantitative estimate of drug-likeness (QED) is 0.118. The van der Waals surface area contributed by atoms with Crippen LogP contribution < -0.4 is 0 Å². The van der Waals surface area contributed by atoms with Crippen molar-refractivity contribution in [2.24, 2.45) is 5.41 Å². The van der Waals surface area contributed by atoms with Gasteiger partial charge in [-0.05, 0) is 157 Å². The van der Waals surface area contributed by atoms with E-state index in [1.54, 1.807) is 6.07 Å². The van der Waals surface area contributed by atoms with Crippen molar-refractivity contribution in [3.8, 4) is 33.6 Å². The molecule has 0 bridgehead atoms. The molecular weight excluding hydrogens is 1020 g/mol. The minimum absolute atomic E-state index is 0. The first-order chi connectivity index (χ1) is 35.1. The first-order valence-electron chi connectivity index (χ1n) is 28.0. The standard InChI is InChI=1S/C34H30NO.C31H40N.Ir/c1-21-20-35-31(18-28(21)23-13-15-34(2,3)16-14-23)27-10-6-9-26-30-17-24-12-11-22-7-4-5-8-25(22)29(24)19-32(30)36-33(26)27;1-19(2)24-16-26(20(3)4)30(27(17-24)21(5)6)28-15-23(12-11-22(28)7)29-18-25(13-14-32-29)31(8,9)10;/h4-9,11-12,17-20,23H,13-16H2,1-3H3;11,13-21H,1-10H3;/q2*-1;/i1D3,23D;7D3;. The predicted octanol–water partition coefficient (Wildman–Crippen LogP) is 18.9. The van der Waals surface area contributed by atoms with E-state index in [-0.39, 0.29) is 48.3 Å². The van der Waals surface area contributed by atoms with Crippen LogP contribution in [0.2, 0.25) is 0 Å². The van der Waals surface area contributed by atoms with E-state index < -0.39 is 19.6 Å². The Morgan fingerprint density at radius 3 is 2.10 bits per heavy atom. The van der Waals surface area contributed by atoms with Crippen molar-refractivity contribution in [3.05, 3.63) is 167 Å². The van der Waals surface area contributed by atoms with E-state index in [4.69, 9.17) is 12.6 Å². The molecule has 0 N–H and O–H groups in total. The third-order valence-electron chi connectivity index (χ3n) is 14.3. The van der Waals surface area contributed by atoms with Gasteiger partial charge in [-0.1, -0.05) is 160 Å². The fraction of sp³-hybridized carbons (Fsp3) is 0.354. The van der Waals surface area contributed by atoms with E-state index in [0.29, 0.717) is 46.7 Å². The molecule has 3 aromatic heterocycles. The molecule has 3 nitrogen and oxygen atoms in total. The molecule has 9 aromatic rings. The number of hydrogen-bond acceptors (Lipinski definition) is 3. The third-order valence-corrected chi connectivity index (χ3v) is 14.3. The second-order valence-corrected chi connectivity index (χ2v) is 21.8. The number of pyridine rings is 2. The molecule has 10 rings (SSSR count). The minimum atomic E-state index is -2.35. The van der Waals surface area contributed by atoms with Gasteiger partial charge in [0, 0.05) is 47.5 Å². The Kier molecular flexibility index (Phi) is 11.9. The monoisotopic (exact) mass is 1090 g/mol. The molecule has 0 spiro atoms. The topological polar surface area (TPSA) is 38.9 Å². The van der Waals surface area contributed by atoms with Crippen LogP contribution >= 0.6 is 0 Å². The Morgan fingerprint density at radius 1 is 0.710 bits per heavy atom. The summed E-state index contributed by atoms with van der Waals surface area (Å²) in [7, 11) is 0. The van der Waals surface area contributed by atoms with Crippen LogP contribution in [0.15, 0.2) is 120 Å². The number of aryl methyl sites for hydroxylation is 2. The van der Waals surface area contributed by atoms with E-state index in [1.165, 1.54) is 39.2 Å². The van der Waals surface area contributed by atoms with Crippen molar-refractivity contribution in [3.63, 3.8) is 0 Å². The summed E-state index contributed by atoms with van der Waals surface area (Å²) < 4.78 is 65.4. The zero-order chi connectivity index (χ0) is 54.2. The molecule has 0 atom stereocenters. The fourth-order valence-corrected chi connectivity index (χ4v) is 9.97. The van der Waals surface area contributed by atoms with Crippen molar-refractivity contribution in [1.82, 2.24) is 9.97 Å². The zero-order valence-corrected chi connectivity index (χ0v) is 44.6. The third kappa shape index (κ3) is 10.1. The molecule has 1 fully saturated rings. The SMILES string of the molecule is [2H]C([2H])([2H])c1c[c-]c(-c2cc(C(C)(C)C)ccn2)cc1-c1c(C(C)C)cc(C(C)C)cc1C(C)C.[2H]C([2H])([2H])c1cnc(-c2[c-]ccc3c2oc2cc4c(ccc5ccccc54)cc23)cc1C1([2H])CCC(C)(C)CC1.[Ir].